The summed E-state index contributed by atoms with van der Waals surface area (Å²) < 4.78 is 1.74. The zero-order chi connectivity index (χ0) is 15.1. The Morgan fingerprint density at radius 2 is 1.82 bits per heavy atom. The molecule has 2 heterocycles. The Kier molecular flexibility index (Phi) is 2.79. The Labute approximate surface area is 127 Å². The number of aryl methyl sites for hydroxylation is 1. The lowest BCUT2D eigenvalue weighted by molar-refractivity contribution is 0.924. The molecule has 1 N–H and O–H groups in total. The van der Waals surface area contributed by atoms with Crippen molar-refractivity contribution in [2.45, 2.75) is 13.8 Å². The second-order valence-electron chi connectivity index (χ2n) is 5.29. The molecule has 22 heavy (non-hydrogen) atoms. The smallest absolute Gasteiger partial charge is 0.254 e. The minimum absolute atomic E-state index is 0.603. The van der Waals surface area contributed by atoms with Crippen molar-refractivity contribution < 1.29 is 0 Å². The van der Waals surface area contributed by atoms with Gasteiger partial charge < -0.3 is 5.32 Å². The zero-order valence-electron chi connectivity index (χ0n) is 12.4. The van der Waals surface area contributed by atoms with Gasteiger partial charge in [-0.2, -0.15) is 14.6 Å². The van der Waals surface area contributed by atoms with Crippen LogP contribution in [0.3, 0.4) is 0 Å². The summed E-state index contributed by atoms with van der Waals surface area (Å²) >= 11 is 0. The van der Waals surface area contributed by atoms with Gasteiger partial charge in [0.15, 0.2) is 0 Å². The summed E-state index contributed by atoms with van der Waals surface area (Å²) in [4.78, 5) is 8.64. The summed E-state index contributed by atoms with van der Waals surface area (Å²) in [6.07, 6.45) is 1.52. The highest BCUT2D eigenvalue weighted by molar-refractivity contribution is 5.95. The Hall–Kier alpha value is -2.95. The molecule has 5 heteroatoms. The highest BCUT2D eigenvalue weighted by atomic mass is 15.4. The molecule has 0 aliphatic carbocycles. The van der Waals surface area contributed by atoms with E-state index in [9.17, 15) is 0 Å². The van der Waals surface area contributed by atoms with Crippen molar-refractivity contribution in [1.82, 2.24) is 19.6 Å². The van der Waals surface area contributed by atoms with Crippen molar-refractivity contribution in [3.63, 3.8) is 0 Å². The number of hydrogen-bond donors (Lipinski definition) is 1. The van der Waals surface area contributed by atoms with Crippen LogP contribution in [0.5, 0.6) is 0 Å². The van der Waals surface area contributed by atoms with Crippen LogP contribution in [0, 0.1) is 13.8 Å². The molecular formula is C17H15N5. The molecule has 0 aliphatic heterocycles. The number of benzene rings is 2. The van der Waals surface area contributed by atoms with Crippen LogP contribution in [0.4, 0.5) is 11.5 Å². The topological polar surface area (TPSA) is 55.1 Å². The normalized spacial score (nSPS) is 11.2. The number of rotatable bonds is 2. The molecular weight excluding hydrogens is 274 g/mol. The summed E-state index contributed by atoms with van der Waals surface area (Å²) in [5.41, 5.74) is 3.05. The standard InChI is InChI=1S/C17H15N5/c1-11-12(2)20-17-18-10-19-22(17)16(11)21-15-9-5-7-13-6-3-4-8-14(13)15/h3-10,21H,1-2H3. The number of fused-ring (bicyclic) bond motifs is 2. The third-order valence-electron chi connectivity index (χ3n) is 3.95. The van der Waals surface area contributed by atoms with E-state index in [-0.39, 0.29) is 0 Å². The van der Waals surface area contributed by atoms with Crippen LogP contribution in [-0.4, -0.2) is 19.6 Å². The Bertz CT molecular complexity index is 982. The maximum absolute atomic E-state index is 4.45. The fourth-order valence-electron chi connectivity index (χ4n) is 2.64. The summed E-state index contributed by atoms with van der Waals surface area (Å²) in [6, 6.07) is 14.5. The van der Waals surface area contributed by atoms with E-state index in [0.29, 0.717) is 5.78 Å². The van der Waals surface area contributed by atoms with E-state index in [4.69, 9.17) is 0 Å². The maximum atomic E-state index is 4.45. The Morgan fingerprint density at radius 3 is 2.73 bits per heavy atom. The number of aromatic nitrogens is 4. The van der Waals surface area contributed by atoms with Gasteiger partial charge >= 0.3 is 0 Å². The fraction of sp³-hybridized carbons (Fsp3) is 0.118. The first kappa shape index (κ1) is 12.8. The molecule has 0 atom stereocenters. The second kappa shape index (κ2) is 4.80. The average molecular weight is 289 g/mol. The van der Waals surface area contributed by atoms with E-state index in [2.05, 4.69) is 44.6 Å². The number of nitrogens with zero attached hydrogens (tertiary/aromatic N) is 4. The van der Waals surface area contributed by atoms with Crippen LogP contribution >= 0.6 is 0 Å². The molecule has 0 saturated heterocycles. The SMILES string of the molecule is Cc1nc2ncnn2c(Nc2cccc3ccccc23)c1C. The molecule has 0 spiro atoms. The van der Waals surface area contributed by atoms with Crippen LogP contribution in [0.15, 0.2) is 48.8 Å². The van der Waals surface area contributed by atoms with Crippen molar-refractivity contribution in [2.75, 3.05) is 5.32 Å². The van der Waals surface area contributed by atoms with Crippen molar-refractivity contribution in [3.8, 4) is 0 Å². The Morgan fingerprint density at radius 1 is 1.00 bits per heavy atom. The lowest BCUT2D eigenvalue weighted by Crippen LogP contribution is -2.06. The van der Waals surface area contributed by atoms with Gasteiger partial charge in [-0.15, -0.1) is 0 Å². The molecule has 0 bridgehead atoms. The summed E-state index contributed by atoms with van der Waals surface area (Å²) in [5, 5.41) is 10.2. The van der Waals surface area contributed by atoms with Crippen LogP contribution in [0.1, 0.15) is 11.3 Å². The highest BCUT2D eigenvalue weighted by Gasteiger charge is 2.12. The van der Waals surface area contributed by atoms with Gasteiger partial charge in [-0.3, -0.25) is 0 Å². The first-order chi connectivity index (χ1) is 10.7. The maximum Gasteiger partial charge on any atom is 0.254 e. The molecule has 0 aliphatic rings. The van der Waals surface area contributed by atoms with Crippen LogP contribution in [0.25, 0.3) is 16.6 Å². The zero-order valence-corrected chi connectivity index (χ0v) is 12.4. The van der Waals surface area contributed by atoms with Crippen LogP contribution in [0.2, 0.25) is 0 Å². The van der Waals surface area contributed by atoms with Crippen molar-refractivity contribution in [2.24, 2.45) is 0 Å². The molecule has 0 radical (unpaired) electrons. The molecule has 5 nitrogen and oxygen atoms in total. The Balaban J connectivity index is 1.93. The van der Waals surface area contributed by atoms with Crippen molar-refractivity contribution >= 4 is 28.1 Å². The van der Waals surface area contributed by atoms with Gasteiger partial charge in [0, 0.05) is 22.3 Å². The molecule has 2 aromatic carbocycles. The predicted octanol–water partition coefficient (Wildman–Crippen LogP) is 3.64. The van der Waals surface area contributed by atoms with Crippen molar-refractivity contribution in [1.29, 1.82) is 0 Å². The minimum atomic E-state index is 0.603. The van der Waals surface area contributed by atoms with Gasteiger partial charge in [-0.25, -0.2) is 4.98 Å². The van der Waals surface area contributed by atoms with Gasteiger partial charge in [0.25, 0.3) is 5.78 Å². The minimum Gasteiger partial charge on any atom is -0.339 e. The molecule has 4 rings (SSSR count). The van der Waals surface area contributed by atoms with Gasteiger partial charge in [0.2, 0.25) is 0 Å². The molecule has 4 aromatic rings. The molecule has 108 valence electrons. The molecule has 0 fully saturated rings. The van der Waals surface area contributed by atoms with E-state index in [0.717, 1.165) is 22.8 Å². The lowest BCUT2D eigenvalue weighted by atomic mass is 10.1. The third kappa shape index (κ3) is 1.90. The van der Waals surface area contributed by atoms with Crippen molar-refractivity contribution in [3.05, 3.63) is 60.0 Å². The number of nitrogens with one attached hydrogen (secondary N) is 1. The quantitative estimate of drug-likeness (QED) is 0.612. The first-order valence-electron chi connectivity index (χ1n) is 7.16. The monoisotopic (exact) mass is 289 g/mol. The number of anilines is 2. The molecule has 2 aromatic heterocycles. The number of hydrogen-bond acceptors (Lipinski definition) is 4. The van der Waals surface area contributed by atoms with E-state index < -0.39 is 0 Å². The largest absolute Gasteiger partial charge is 0.339 e. The van der Waals surface area contributed by atoms with Crippen LogP contribution < -0.4 is 5.32 Å². The second-order valence-corrected chi connectivity index (χ2v) is 5.29. The molecule has 0 saturated carbocycles. The molecule has 0 unspecified atom stereocenters. The van der Waals surface area contributed by atoms with Gasteiger partial charge in [-0.1, -0.05) is 36.4 Å². The first-order valence-corrected chi connectivity index (χ1v) is 7.16. The highest BCUT2D eigenvalue weighted by Crippen LogP contribution is 2.28. The lowest BCUT2D eigenvalue weighted by Gasteiger charge is -2.14. The van der Waals surface area contributed by atoms with E-state index in [1.165, 1.54) is 17.1 Å². The third-order valence-corrected chi connectivity index (χ3v) is 3.95. The fourth-order valence-corrected chi connectivity index (χ4v) is 2.64. The average Bonchev–Trinajstić information content (AvgIpc) is 3.00. The van der Waals surface area contributed by atoms with Gasteiger partial charge in [0.1, 0.15) is 12.1 Å². The van der Waals surface area contributed by atoms with Crippen LogP contribution in [-0.2, 0) is 0 Å². The predicted molar refractivity (Wildman–Crippen MR) is 87.5 cm³/mol. The van der Waals surface area contributed by atoms with E-state index >= 15 is 0 Å². The summed E-state index contributed by atoms with van der Waals surface area (Å²) in [7, 11) is 0. The van der Waals surface area contributed by atoms with E-state index in [1.54, 1.807) is 4.52 Å². The summed E-state index contributed by atoms with van der Waals surface area (Å²) in [5.74, 6) is 1.50. The molecule has 0 amide bonds. The van der Waals surface area contributed by atoms with E-state index in [1.807, 2.05) is 32.0 Å². The summed E-state index contributed by atoms with van der Waals surface area (Å²) in [6.45, 7) is 4.02. The van der Waals surface area contributed by atoms with Gasteiger partial charge in [-0.05, 0) is 25.3 Å². The van der Waals surface area contributed by atoms with Gasteiger partial charge in [0.05, 0.1) is 0 Å².